The van der Waals surface area contributed by atoms with Crippen LogP contribution in [0.25, 0.3) is 10.9 Å². The smallest absolute Gasteiger partial charge is 0.199 e. The first-order valence-corrected chi connectivity index (χ1v) is 10.6. The fraction of sp³-hybridized carbons (Fsp3) is 0.192. The van der Waals surface area contributed by atoms with E-state index in [0.717, 1.165) is 23.2 Å². The quantitative estimate of drug-likeness (QED) is 0.408. The molecule has 0 unspecified atom stereocenters. The van der Waals surface area contributed by atoms with Gasteiger partial charge in [0.25, 0.3) is 0 Å². The van der Waals surface area contributed by atoms with Crippen molar-refractivity contribution in [3.8, 4) is 5.88 Å². The second-order valence-electron chi connectivity index (χ2n) is 8.01. The van der Waals surface area contributed by atoms with Crippen LogP contribution in [0.15, 0.2) is 77.8 Å². The summed E-state index contributed by atoms with van der Waals surface area (Å²) in [5.41, 5.74) is 4.71. The number of fused-ring (bicyclic) bond motifs is 1. The Hall–Kier alpha value is -3.44. The molecule has 2 heterocycles. The van der Waals surface area contributed by atoms with E-state index in [1.807, 2.05) is 42.5 Å². The van der Waals surface area contributed by atoms with Gasteiger partial charge in [0.2, 0.25) is 0 Å². The van der Waals surface area contributed by atoms with Gasteiger partial charge >= 0.3 is 0 Å². The molecular formula is C26H24FN3O. The molecule has 0 bridgehead atoms. The monoisotopic (exact) mass is 413 g/mol. The molecular weight excluding hydrogens is 389 g/mol. The summed E-state index contributed by atoms with van der Waals surface area (Å²) >= 11 is 0. The molecule has 0 spiro atoms. The van der Waals surface area contributed by atoms with E-state index >= 15 is 0 Å². The van der Waals surface area contributed by atoms with Gasteiger partial charge in [0.15, 0.2) is 5.88 Å². The molecule has 0 aliphatic carbocycles. The number of hydrogen-bond donors (Lipinski definition) is 2. The summed E-state index contributed by atoms with van der Waals surface area (Å²) in [6.07, 6.45) is 2.56. The van der Waals surface area contributed by atoms with Crippen LogP contribution in [0.2, 0.25) is 0 Å². The molecule has 4 nitrogen and oxygen atoms in total. The third kappa shape index (κ3) is 4.09. The minimum absolute atomic E-state index is 0.0196. The van der Waals surface area contributed by atoms with Crippen LogP contribution in [0.3, 0.4) is 0 Å². The molecule has 1 fully saturated rings. The number of nitrogens with zero attached hydrogens (tertiary/aromatic N) is 2. The van der Waals surface area contributed by atoms with Crippen LogP contribution in [0.5, 0.6) is 5.88 Å². The molecule has 5 rings (SSSR count). The first-order valence-electron chi connectivity index (χ1n) is 10.6. The third-order valence-electron chi connectivity index (χ3n) is 5.81. The van der Waals surface area contributed by atoms with Gasteiger partial charge in [-0.15, -0.1) is 0 Å². The fourth-order valence-corrected chi connectivity index (χ4v) is 4.26. The van der Waals surface area contributed by atoms with Crippen LogP contribution in [0.1, 0.15) is 29.5 Å². The minimum Gasteiger partial charge on any atom is -0.494 e. The maximum absolute atomic E-state index is 13.7. The predicted molar refractivity (Wildman–Crippen MR) is 123 cm³/mol. The molecule has 2 N–H and O–H groups in total. The second kappa shape index (κ2) is 8.36. The van der Waals surface area contributed by atoms with Gasteiger partial charge < -0.3 is 10.1 Å². The number of aliphatic imine (C=N–C) groups is 1. The van der Waals surface area contributed by atoms with Gasteiger partial charge in [-0.1, -0.05) is 42.5 Å². The van der Waals surface area contributed by atoms with Gasteiger partial charge in [0, 0.05) is 17.5 Å². The summed E-state index contributed by atoms with van der Waals surface area (Å²) in [5, 5.41) is 11.4. The maximum Gasteiger partial charge on any atom is 0.199 e. The van der Waals surface area contributed by atoms with Gasteiger partial charge in [-0.05, 0) is 61.8 Å². The first-order chi connectivity index (χ1) is 15.2. The average molecular weight is 413 g/mol. The van der Waals surface area contributed by atoms with Crippen LogP contribution < -0.4 is 0 Å². The fourth-order valence-electron chi connectivity index (χ4n) is 4.26. The van der Waals surface area contributed by atoms with Crippen molar-refractivity contribution in [2.45, 2.75) is 19.4 Å². The Morgan fingerprint density at radius 2 is 1.71 bits per heavy atom. The lowest BCUT2D eigenvalue weighted by atomic mass is 10.0. The zero-order chi connectivity index (χ0) is 21.2. The summed E-state index contributed by atoms with van der Waals surface area (Å²) in [7, 11) is 0. The molecule has 31 heavy (non-hydrogen) atoms. The highest BCUT2D eigenvalue weighted by Crippen LogP contribution is 2.32. The van der Waals surface area contributed by atoms with Crippen LogP contribution in [0, 0.1) is 5.82 Å². The van der Waals surface area contributed by atoms with Crippen molar-refractivity contribution in [2.24, 2.45) is 4.99 Å². The van der Waals surface area contributed by atoms with Gasteiger partial charge in [-0.25, -0.2) is 9.38 Å². The molecule has 1 saturated heterocycles. The zero-order valence-corrected chi connectivity index (χ0v) is 17.2. The first kappa shape index (κ1) is 19.5. The minimum atomic E-state index is -0.355. The Balaban J connectivity index is 1.56. The molecule has 0 saturated carbocycles. The lowest BCUT2D eigenvalue weighted by molar-refractivity contribution is 0.331. The number of aromatic hydroxyl groups is 1. The Labute approximate surface area is 180 Å². The number of halogens is 1. The second-order valence-corrected chi connectivity index (χ2v) is 8.01. The van der Waals surface area contributed by atoms with Crippen LogP contribution >= 0.6 is 0 Å². The van der Waals surface area contributed by atoms with E-state index in [2.05, 4.69) is 22.0 Å². The Kier molecular flexibility index (Phi) is 5.26. The van der Waals surface area contributed by atoms with Gasteiger partial charge in [0.05, 0.1) is 22.5 Å². The van der Waals surface area contributed by atoms with Gasteiger partial charge in [-0.2, -0.15) is 0 Å². The molecule has 5 heteroatoms. The molecule has 0 radical (unpaired) electrons. The van der Waals surface area contributed by atoms with Crippen molar-refractivity contribution in [1.29, 1.82) is 0 Å². The van der Waals surface area contributed by atoms with Crippen molar-refractivity contribution in [1.82, 2.24) is 9.88 Å². The standard InChI is InChI=1S/C26H24FN3O/c27-20-10-13-22-23(16-20)29-26(31)24(22)25(19-6-2-1-3-7-19)28-21-11-8-18(9-12-21)17-30-14-4-5-15-30/h1-3,6-13,16,29,31H,4-5,14-15,17H2. The lowest BCUT2D eigenvalue weighted by Crippen LogP contribution is -2.18. The van der Waals surface area contributed by atoms with Crippen molar-refractivity contribution in [2.75, 3.05) is 13.1 Å². The summed E-state index contributed by atoms with van der Waals surface area (Å²) in [6, 6.07) is 22.5. The molecule has 156 valence electrons. The van der Waals surface area contributed by atoms with E-state index in [4.69, 9.17) is 4.99 Å². The molecule has 3 aromatic carbocycles. The third-order valence-corrected chi connectivity index (χ3v) is 5.81. The van der Waals surface area contributed by atoms with Crippen molar-refractivity contribution < 1.29 is 9.50 Å². The number of hydrogen-bond acceptors (Lipinski definition) is 3. The Bertz CT molecular complexity index is 1220. The predicted octanol–water partition coefficient (Wildman–Crippen LogP) is 5.78. The van der Waals surface area contributed by atoms with Crippen molar-refractivity contribution in [3.05, 3.63) is 95.3 Å². The summed E-state index contributed by atoms with van der Waals surface area (Å²) in [4.78, 5) is 10.3. The highest BCUT2D eigenvalue weighted by Gasteiger charge is 2.19. The average Bonchev–Trinajstić information content (AvgIpc) is 3.40. The van der Waals surface area contributed by atoms with E-state index in [1.165, 1.54) is 43.6 Å². The van der Waals surface area contributed by atoms with E-state index in [-0.39, 0.29) is 11.7 Å². The van der Waals surface area contributed by atoms with Crippen molar-refractivity contribution >= 4 is 22.3 Å². The number of nitrogens with one attached hydrogen (secondary N) is 1. The topological polar surface area (TPSA) is 51.6 Å². The number of likely N-dealkylation sites (tertiary alicyclic amines) is 1. The molecule has 0 amide bonds. The van der Waals surface area contributed by atoms with Gasteiger partial charge in [-0.3, -0.25) is 4.90 Å². The number of aromatic nitrogens is 1. The van der Waals surface area contributed by atoms with E-state index in [0.29, 0.717) is 16.8 Å². The number of aromatic amines is 1. The van der Waals surface area contributed by atoms with Crippen molar-refractivity contribution in [3.63, 3.8) is 0 Å². The SMILES string of the molecule is Oc1[nH]c2cc(F)ccc2c1C(=Nc1ccc(CN2CCCC2)cc1)c1ccccc1. The van der Waals surface area contributed by atoms with E-state index in [9.17, 15) is 9.50 Å². The number of benzene rings is 3. The summed E-state index contributed by atoms with van der Waals surface area (Å²) in [5.74, 6) is -0.374. The summed E-state index contributed by atoms with van der Waals surface area (Å²) in [6.45, 7) is 3.29. The zero-order valence-electron chi connectivity index (χ0n) is 17.2. The van der Waals surface area contributed by atoms with E-state index < -0.39 is 0 Å². The van der Waals surface area contributed by atoms with Crippen LogP contribution in [-0.2, 0) is 6.54 Å². The molecule has 1 aromatic heterocycles. The highest BCUT2D eigenvalue weighted by molar-refractivity contribution is 6.21. The number of rotatable bonds is 5. The summed E-state index contributed by atoms with van der Waals surface area (Å²) < 4.78 is 13.7. The molecule has 0 atom stereocenters. The number of H-pyrrole nitrogens is 1. The Morgan fingerprint density at radius 1 is 0.968 bits per heavy atom. The normalized spacial score (nSPS) is 15.1. The van der Waals surface area contributed by atoms with E-state index in [1.54, 1.807) is 6.07 Å². The molecule has 1 aliphatic rings. The van der Waals surface area contributed by atoms with Crippen LogP contribution in [0.4, 0.5) is 10.1 Å². The highest BCUT2D eigenvalue weighted by atomic mass is 19.1. The Morgan fingerprint density at radius 3 is 2.45 bits per heavy atom. The van der Waals surface area contributed by atoms with Gasteiger partial charge in [0.1, 0.15) is 5.82 Å². The largest absolute Gasteiger partial charge is 0.494 e. The maximum atomic E-state index is 13.7. The molecule has 4 aromatic rings. The lowest BCUT2D eigenvalue weighted by Gasteiger charge is -2.14. The molecule has 1 aliphatic heterocycles. The van der Waals surface area contributed by atoms with Crippen LogP contribution in [-0.4, -0.2) is 33.8 Å².